The van der Waals surface area contributed by atoms with Crippen molar-refractivity contribution in [1.29, 1.82) is 0 Å². The molecule has 0 aromatic heterocycles. The van der Waals surface area contributed by atoms with Gasteiger partial charge in [0.15, 0.2) is 23.1 Å². The molecule has 4 atom stereocenters. The first-order valence-electron chi connectivity index (χ1n) is 11.9. The molecule has 178 valence electrons. The summed E-state index contributed by atoms with van der Waals surface area (Å²) < 4.78 is 10.9. The smallest absolute Gasteiger partial charge is 0.238 e. The number of benzene rings is 3. The molecule has 0 aliphatic carbocycles. The molecule has 7 nitrogen and oxygen atoms in total. The van der Waals surface area contributed by atoms with Crippen LogP contribution in [-0.4, -0.2) is 36.4 Å². The maximum Gasteiger partial charge on any atom is 0.238 e. The lowest BCUT2D eigenvalue weighted by Crippen LogP contribution is -2.51. The minimum atomic E-state index is -1.29. The fourth-order valence-electron chi connectivity index (χ4n) is 6.50. The highest BCUT2D eigenvalue weighted by Crippen LogP contribution is 2.57. The van der Waals surface area contributed by atoms with E-state index >= 15 is 0 Å². The second-order valence-corrected chi connectivity index (χ2v) is 9.60. The van der Waals surface area contributed by atoms with E-state index in [0.29, 0.717) is 22.7 Å². The molecule has 0 radical (unpaired) electrons. The van der Waals surface area contributed by atoms with E-state index in [2.05, 4.69) is 5.32 Å². The molecule has 3 aromatic rings. The monoisotopic (exact) mass is 478 g/mol. The van der Waals surface area contributed by atoms with Gasteiger partial charge in [0.05, 0.1) is 18.0 Å². The molecule has 7 heteroatoms. The van der Waals surface area contributed by atoms with Crippen molar-refractivity contribution >= 4 is 34.9 Å². The van der Waals surface area contributed by atoms with E-state index in [1.165, 1.54) is 6.92 Å². The van der Waals surface area contributed by atoms with E-state index in [1.54, 1.807) is 18.2 Å². The summed E-state index contributed by atoms with van der Waals surface area (Å²) in [5.74, 6) is -0.634. The number of amides is 1. The van der Waals surface area contributed by atoms with Crippen LogP contribution < -0.4 is 19.7 Å². The van der Waals surface area contributed by atoms with E-state index in [1.807, 2.05) is 65.6 Å². The van der Waals surface area contributed by atoms with Crippen molar-refractivity contribution in [2.24, 2.45) is 5.92 Å². The summed E-state index contributed by atoms with van der Waals surface area (Å²) >= 11 is 0. The van der Waals surface area contributed by atoms with E-state index in [9.17, 15) is 14.4 Å². The third-order valence-corrected chi connectivity index (χ3v) is 7.90. The molecule has 1 N–H and O–H groups in total. The number of ether oxygens (including phenoxy) is 2. The number of carbonyl (C=O) groups excluding carboxylic acids is 3. The molecule has 4 heterocycles. The number of rotatable bonds is 3. The lowest BCUT2D eigenvalue weighted by Gasteiger charge is -2.37. The number of ketones is 2. The molecule has 4 aliphatic rings. The van der Waals surface area contributed by atoms with Gasteiger partial charge in [-0.1, -0.05) is 48.6 Å². The van der Waals surface area contributed by atoms with Gasteiger partial charge in [0, 0.05) is 16.9 Å². The summed E-state index contributed by atoms with van der Waals surface area (Å²) in [7, 11) is 0. The number of anilines is 2. The van der Waals surface area contributed by atoms with E-state index < -0.39 is 23.4 Å². The second kappa shape index (κ2) is 7.31. The lowest BCUT2D eigenvalue weighted by molar-refractivity contribution is -0.122. The molecule has 0 bridgehead atoms. The maximum absolute atomic E-state index is 14.5. The first-order chi connectivity index (χ1) is 17.5. The summed E-state index contributed by atoms with van der Waals surface area (Å²) in [5, 5.41) is 3.02. The van der Waals surface area contributed by atoms with E-state index in [-0.39, 0.29) is 24.3 Å². The summed E-state index contributed by atoms with van der Waals surface area (Å²) in [6, 6.07) is 18.9. The Bertz CT molecular complexity index is 1510. The van der Waals surface area contributed by atoms with Crippen LogP contribution in [0.5, 0.6) is 11.5 Å². The number of fused-ring (bicyclic) bond motifs is 7. The third kappa shape index (κ3) is 2.54. The molecular weight excluding hydrogens is 456 g/mol. The van der Waals surface area contributed by atoms with Gasteiger partial charge in [-0.15, -0.1) is 0 Å². The first kappa shape index (κ1) is 20.9. The molecule has 0 saturated carbocycles. The van der Waals surface area contributed by atoms with E-state index in [4.69, 9.17) is 9.47 Å². The van der Waals surface area contributed by atoms with E-state index in [0.717, 1.165) is 16.8 Å². The molecule has 1 amide bonds. The van der Waals surface area contributed by atoms with Crippen LogP contribution in [0.1, 0.15) is 28.4 Å². The summed E-state index contributed by atoms with van der Waals surface area (Å²) in [4.78, 5) is 43.9. The Kier molecular flexibility index (Phi) is 4.25. The van der Waals surface area contributed by atoms with Gasteiger partial charge < -0.3 is 19.7 Å². The highest BCUT2D eigenvalue weighted by Gasteiger charge is 2.69. The van der Waals surface area contributed by atoms with Crippen LogP contribution in [0.25, 0.3) is 6.08 Å². The normalized spacial score (nSPS) is 26.4. The van der Waals surface area contributed by atoms with Crippen molar-refractivity contribution in [1.82, 2.24) is 0 Å². The maximum atomic E-state index is 14.5. The predicted molar refractivity (Wildman–Crippen MR) is 133 cm³/mol. The molecule has 7 rings (SSSR count). The average molecular weight is 479 g/mol. The van der Waals surface area contributed by atoms with Crippen molar-refractivity contribution in [3.8, 4) is 11.5 Å². The number of hydrogen-bond donors (Lipinski definition) is 1. The third-order valence-electron chi connectivity index (χ3n) is 7.90. The number of hydrogen-bond acceptors (Lipinski definition) is 6. The molecular formula is C29H22N2O5. The van der Waals surface area contributed by atoms with Crippen molar-refractivity contribution in [3.63, 3.8) is 0 Å². The molecule has 3 aromatic carbocycles. The Hall–Kier alpha value is -4.39. The van der Waals surface area contributed by atoms with Crippen molar-refractivity contribution in [2.75, 3.05) is 17.0 Å². The largest absolute Gasteiger partial charge is 0.454 e. The van der Waals surface area contributed by atoms with Gasteiger partial charge in [0.25, 0.3) is 0 Å². The minimum absolute atomic E-state index is 0.0869. The summed E-state index contributed by atoms with van der Waals surface area (Å²) in [6.45, 7) is 1.59. The Morgan fingerprint density at radius 2 is 1.78 bits per heavy atom. The summed E-state index contributed by atoms with van der Waals surface area (Å²) in [5.41, 5.74) is 2.27. The number of para-hydroxylation sites is 2. The molecule has 36 heavy (non-hydrogen) atoms. The van der Waals surface area contributed by atoms with Gasteiger partial charge in [0.2, 0.25) is 12.7 Å². The second-order valence-electron chi connectivity index (χ2n) is 9.60. The van der Waals surface area contributed by atoms with Gasteiger partial charge in [-0.25, -0.2) is 0 Å². The van der Waals surface area contributed by atoms with Crippen molar-refractivity contribution < 1.29 is 23.9 Å². The molecule has 0 unspecified atom stereocenters. The molecule has 1 fully saturated rings. The quantitative estimate of drug-likeness (QED) is 0.574. The number of carbonyl (C=O) groups is 3. The lowest BCUT2D eigenvalue weighted by atomic mass is 9.64. The zero-order chi connectivity index (χ0) is 24.6. The Balaban J connectivity index is 1.50. The number of Topliss-reactive ketones (excluding diaryl/α,β-unsaturated/α-hetero) is 2. The Morgan fingerprint density at radius 1 is 1.00 bits per heavy atom. The topological polar surface area (TPSA) is 84.9 Å². The number of nitrogens with zero attached hydrogens (tertiary/aromatic N) is 1. The van der Waals surface area contributed by atoms with Gasteiger partial charge in [0.1, 0.15) is 5.41 Å². The zero-order valence-electron chi connectivity index (χ0n) is 19.4. The Morgan fingerprint density at radius 3 is 2.64 bits per heavy atom. The molecule has 1 spiro atoms. The Labute approximate surface area is 207 Å². The van der Waals surface area contributed by atoms with Gasteiger partial charge in [-0.2, -0.15) is 0 Å². The van der Waals surface area contributed by atoms with Crippen molar-refractivity contribution in [3.05, 3.63) is 89.5 Å². The van der Waals surface area contributed by atoms with Gasteiger partial charge in [-0.05, 0) is 48.4 Å². The van der Waals surface area contributed by atoms with Crippen LogP contribution in [0.2, 0.25) is 0 Å². The van der Waals surface area contributed by atoms with Crippen LogP contribution >= 0.6 is 0 Å². The van der Waals surface area contributed by atoms with Crippen molar-refractivity contribution in [2.45, 2.75) is 24.4 Å². The van der Waals surface area contributed by atoms with Gasteiger partial charge >= 0.3 is 0 Å². The first-order valence-corrected chi connectivity index (χ1v) is 11.9. The molecule has 1 saturated heterocycles. The standard InChI is InChI=1S/C29H22N2O5/c1-16(32)26-25(27(33)18-10-12-22-23(14-18)36-15-35-22)29(19-7-3-4-8-20(19)30-28(29)34)24-13-11-17-6-2-5-9-21(17)31(24)26/h2-14,24-26H,15H2,1H3,(H,30,34)/t24-,25+,26+,29+/m0/s1. The van der Waals surface area contributed by atoms with Crippen LogP contribution in [-0.2, 0) is 15.0 Å². The minimum Gasteiger partial charge on any atom is -0.454 e. The SMILES string of the molecule is CC(=O)[C@@H]1[C@H](C(=O)c2ccc3c(c2)OCO3)[C@]2(C(=O)Nc3ccccc32)[C@@H]2C=Cc3ccccc3N12. The van der Waals surface area contributed by atoms with Crippen LogP contribution in [0.4, 0.5) is 11.4 Å². The molecule has 4 aliphatic heterocycles. The van der Waals surface area contributed by atoms with Crippen LogP contribution in [0.3, 0.4) is 0 Å². The fraction of sp³-hybridized carbons (Fsp3) is 0.207. The highest BCUT2D eigenvalue weighted by molar-refractivity contribution is 6.16. The van der Waals surface area contributed by atoms with Crippen LogP contribution in [0, 0.1) is 5.92 Å². The predicted octanol–water partition coefficient (Wildman–Crippen LogP) is 3.98. The average Bonchev–Trinajstić information content (AvgIpc) is 3.57. The number of nitrogens with one attached hydrogen (secondary N) is 1. The zero-order valence-corrected chi connectivity index (χ0v) is 19.4. The van der Waals surface area contributed by atoms with Gasteiger partial charge in [-0.3, -0.25) is 14.4 Å². The fourth-order valence-corrected chi connectivity index (χ4v) is 6.50. The van der Waals surface area contributed by atoms with Crippen LogP contribution in [0.15, 0.2) is 72.8 Å². The summed E-state index contributed by atoms with van der Waals surface area (Å²) in [6.07, 6.45) is 3.95. The highest BCUT2D eigenvalue weighted by atomic mass is 16.7.